The third kappa shape index (κ3) is 2.65. The van der Waals surface area contributed by atoms with Crippen molar-refractivity contribution in [1.82, 2.24) is 5.32 Å². The standard InChI is InChI=1S/C14H18FN3O2/c1-2-14(6-3-7-17-14)13(20)18-11-8-9(12(16)19)4-5-10(11)15/h4-5,8,17H,2-3,6-7H2,1H3,(H2,16,19)(H,18,20). The number of hydrogen-bond donors (Lipinski definition) is 3. The number of carbonyl (C=O) groups excluding carboxylic acids is 2. The molecule has 1 aromatic carbocycles. The summed E-state index contributed by atoms with van der Waals surface area (Å²) in [6.07, 6.45) is 2.24. The third-order valence-corrected chi connectivity index (χ3v) is 3.78. The molecule has 1 unspecified atom stereocenters. The first-order valence-electron chi connectivity index (χ1n) is 6.64. The van der Waals surface area contributed by atoms with Crippen molar-refractivity contribution in [2.75, 3.05) is 11.9 Å². The minimum absolute atomic E-state index is 0.0205. The fraction of sp³-hybridized carbons (Fsp3) is 0.429. The molecule has 0 radical (unpaired) electrons. The number of rotatable bonds is 4. The molecular weight excluding hydrogens is 261 g/mol. The van der Waals surface area contributed by atoms with Crippen LogP contribution < -0.4 is 16.4 Å². The Bertz CT molecular complexity index is 539. The van der Waals surface area contributed by atoms with Gasteiger partial charge in [0.15, 0.2) is 0 Å². The lowest BCUT2D eigenvalue weighted by atomic mass is 9.93. The van der Waals surface area contributed by atoms with Gasteiger partial charge in [-0.1, -0.05) is 6.92 Å². The van der Waals surface area contributed by atoms with Crippen molar-refractivity contribution in [2.24, 2.45) is 5.73 Å². The summed E-state index contributed by atoms with van der Waals surface area (Å²) in [5.74, 6) is -1.53. The van der Waals surface area contributed by atoms with Crippen molar-refractivity contribution < 1.29 is 14.0 Å². The Morgan fingerprint density at radius 3 is 2.80 bits per heavy atom. The molecule has 0 aliphatic carbocycles. The van der Waals surface area contributed by atoms with E-state index in [-0.39, 0.29) is 17.2 Å². The Balaban J connectivity index is 2.23. The summed E-state index contributed by atoms with van der Waals surface area (Å²) >= 11 is 0. The number of halogens is 1. The van der Waals surface area contributed by atoms with Crippen molar-refractivity contribution in [3.05, 3.63) is 29.6 Å². The maximum Gasteiger partial charge on any atom is 0.248 e. The second-order valence-electron chi connectivity index (χ2n) is 4.98. The average molecular weight is 279 g/mol. The van der Waals surface area contributed by atoms with Gasteiger partial charge in [-0.25, -0.2) is 4.39 Å². The van der Waals surface area contributed by atoms with Crippen molar-refractivity contribution in [2.45, 2.75) is 31.7 Å². The number of primary amides is 1. The van der Waals surface area contributed by atoms with E-state index in [0.29, 0.717) is 12.8 Å². The summed E-state index contributed by atoms with van der Waals surface area (Å²) < 4.78 is 13.7. The first-order valence-corrected chi connectivity index (χ1v) is 6.64. The molecule has 1 aliphatic heterocycles. The van der Waals surface area contributed by atoms with Crippen LogP contribution in [0.15, 0.2) is 18.2 Å². The van der Waals surface area contributed by atoms with Gasteiger partial charge in [-0.15, -0.1) is 0 Å². The van der Waals surface area contributed by atoms with Crippen LogP contribution in [0, 0.1) is 5.82 Å². The Hall–Kier alpha value is -1.95. The van der Waals surface area contributed by atoms with Gasteiger partial charge < -0.3 is 16.4 Å². The average Bonchev–Trinajstić information content (AvgIpc) is 2.91. The van der Waals surface area contributed by atoms with Crippen LogP contribution in [0.3, 0.4) is 0 Å². The van der Waals surface area contributed by atoms with Gasteiger partial charge in [0.25, 0.3) is 0 Å². The fourth-order valence-corrected chi connectivity index (χ4v) is 2.48. The molecule has 1 heterocycles. The second-order valence-corrected chi connectivity index (χ2v) is 4.98. The van der Waals surface area contributed by atoms with E-state index < -0.39 is 17.3 Å². The van der Waals surface area contributed by atoms with Crippen molar-refractivity contribution >= 4 is 17.5 Å². The number of hydrogen-bond acceptors (Lipinski definition) is 3. The monoisotopic (exact) mass is 279 g/mol. The molecule has 0 saturated carbocycles. The zero-order valence-corrected chi connectivity index (χ0v) is 11.3. The highest BCUT2D eigenvalue weighted by molar-refractivity contribution is 6.00. The van der Waals surface area contributed by atoms with Gasteiger partial charge in [0.2, 0.25) is 11.8 Å². The summed E-state index contributed by atoms with van der Waals surface area (Å²) in [4.78, 5) is 23.4. The Labute approximate surface area is 116 Å². The van der Waals surface area contributed by atoms with E-state index in [2.05, 4.69) is 10.6 Å². The predicted octanol–water partition coefficient (Wildman–Crippen LogP) is 1.40. The van der Waals surface area contributed by atoms with Gasteiger partial charge >= 0.3 is 0 Å². The molecule has 0 spiro atoms. The number of nitrogens with one attached hydrogen (secondary N) is 2. The van der Waals surface area contributed by atoms with Gasteiger partial charge in [0.05, 0.1) is 11.2 Å². The number of anilines is 1. The first-order chi connectivity index (χ1) is 9.48. The molecule has 2 amide bonds. The number of benzene rings is 1. The summed E-state index contributed by atoms with van der Waals surface area (Å²) in [5, 5.41) is 5.73. The molecule has 20 heavy (non-hydrogen) atoms. The normalized spacial score (nSPS) is 21.7. The van der Waals surface area contributed by atoms with Crippen LogP contribution in [0.2, 0.25) is 0 Å². The van der Waals surface area contributed by atoms with Crippen molar-refractivity contribution in [3.8, 4) is 0 Å². The number of carbonyl (C=O) groups is 2. The van der Waals surface area contributed by atoms with E-state index in [0.717, 1.165) is 19.0 Å². The molecule has 6 heteroatoms. The zero-order valence-electron chi connectivity index (χ0n) is 11.3. The minimum Gasteiger partial charge on any atom is -0.366 e. The first kappa shape index (κ1) is 14.5. The molecule has 5 nitrogen and oxygen atoms in total. The fourth-order valence-electron chi connectivity index (χ4n) is 2.48. The minimum atomic E-state index is -0.662. The maximum atomic E-state index is 13.7. The van der Waals surface area contributed by atoms with Gasteiger partial charge in [-0.05, 0) is 44.0 Å². The van der Waals surface area contributed by atoms with Gasteiger partial charge in [-0.3, -0.25) is 9.59 Å². The van der Waals surface area contributed by atoms with Crippen LogP contribution in [-0.4, -0.2) is 23.9 Å². The lowest BCUT2D eigenvalue weighted by molar-refractivity contribution is -0.122. The summed E-state index contributed by atoms with van der Waals surface area (Å²) in [6, 6.07) is 3.67. The van der Waals surface area contributed by atoms with E-state index in [9.17, 15) is 14.0 Å². The largest absolute Gasteiger partial charge is 0.366 e. The Morgan fingerprint density at radius 1 is 1.50 bits per heavy atom. The SMILES string of the molecule is CCC1(C(=O)Nc2cc(C(N)=O)ccc2F)CCCN1. The van der Waals surface area contributed by atoms with Gasteiger partial charge in [-0.2, -0.15) is 0 Å². The van der Waals surface area contributed by atoms with E-state index in [4.69, 9.17) is 5.73 Å². The molecule has 1 saturated heterocycles. The molecule has 2 rings (SSSR count). The smallest absolute Gasteiger partial charge is 0.248 e. The van der Waals surface area contributed by atoms with Crippen molar-refractivity contribution in [1.29, 1.82) is 0 Å². The quantitative estimate of drug-likeness (QED) is 0.778. The van der Waals surface area contributed by atoms with E-state index in [1.54, 1.807) is 0 Å². The summed E-state index contributed by atoms with van der Waals surface area (Å²) in [6.45, 7) is 2.68. The molecule has 108 valence electrons. The molecule has 1 atom stereocenters. The lowest BCUT2D eigenvalue weighted by Gasteiger charge is -2.26. The van der Waals surface area contributed by atoms with Crippen LogP contribution in [0.4, 0.5) is 10.1 Å². The maximum absolute atomic E-state index is 13.7. The van der Waals surface area contributed by atoms with E-state index >= 15 is 0 Å². The highest BCUT2D eigenvalue weighted by atomic mass is 19.1. The van der Waals surface area contributed by atoms with E-state index in [1.165, 1.54) is 12.1 Å². The zero-order chi connectivity index (χ0) is 14.8. The Kier molecular flexibility index (Phi) is 4.04. The van der Waals surface area contributed by atoms with Crippen molar-refractivity contribution in [3.63, 3.8) is 0 Å². The molecule has 0 bridgehead atoms. The number of amides is 2. The molecule has 0 aromatic heterocycles. The molecule has 1 fully saturated rings. The molecule has 4 N–H and O–H groups in total. The molecule has 1 aliphatic rings. The highest BCUT2D eigenvalue weighted by Gasteiger charge is 2.39. The van der Waals surface area contributed by atoms with Crippen LogP contribution >= 0.6 is 0 Å². The lowest BCUT2D eigenvalue weighted by Crippen LogP contribution is -2.50. The third-order valence-electron chi connectivity index (χ3n) is 3.78. The second kappa shape index (κ2) is 5.58. The summed E-state index contributed by atoms with van der Waals surface area (Å²) in [7, 11) is 0. The van der Waals surface area contributed by atoms with Crippen LogP contribution in [0.5, 0.6) is 0 Å². The summed E-state index contributed by atoms with van der Waals surface area (Å²) in [5.41, 5.74) is 4.63. The number of nitrogens with two attached hydrogens (primary N) is 1. The predicted molar refractivity (Wildman–Crippen MR) is 73.8 cm³/mol. The van der Waals surface area contributed by atoms with Crippen LogP contribution in [0.25, 0.3) is 0 Å². The molecule has 1 aromatic rings. The highest BCUT2D eigenvalue weighted by Crippen LogP contribution is 2.26. The van der Waals surface area contributed by atoms with Gasteiger partial charge in [0, 0.05) is 5.56 Å². The van der Waals surface area contributed by atoms with Crippen LogP contribution in [0.1, 0.15) is 36.5 Å². The molecular formula is C14H18FN3O2. The van der Waals surface area contributed by atoms with Crippen LogP contribution in [-0.2, 0) is 4.79 Å². The Morgan fingerprint density at radius 2 is 2.25 bits per heavy atom. The topological polar surface area (TPSA) is 84.2 Å². The van der Waals surface area contributed by atoms with E-state index in [1.807, 2.05) is 6.92 Å². The van der Waals surface area contributed by atoms with Gasteiger partial charge in [0.1, 0.15) is 5.82 Å².